The van der Waals surface area contributed by atoms with E-state index in [0.29, 0.717) is 6.42 Å². The van der Waals surface area contributed by atoms with Gasteiger partial charge in [-0.2, -0.15) is 0 Å². The Hall–Kier alpha value is -1.13. The van der Waals surface area contributed by atoms with E-state index in [-0.39, 0.29) is 12.3 Å². The number of hydrogen-bond acceptors (Lipinski definition) is 4. The maximum atomic E-state index is 11.0. The third kappa shape index (κ3) is 17.7. The van der Waals surface area contributed by atoms with Gasteiger partial charge in [0.05, 0.1) is 7.11 Å². The third-order valence-electron chi connectivity index (χ3n) is 5.51. The van der Waals surface area contributed by atoms with Crippen LogP contribution >= 0.6 is 0 Å². The van der Waals surface area contributed by atoms with Crippen LogP contribution in [0.4, 0.5) is 0 Å². The van der Waals surface area contributed by atoms with E-state index >= 15 is 0 Å². The first-order valence-corrected chi connectivity index (χ1v) is 12.4. The number of allylic oxidation sites excluding steroid dienone is 4. The van der Waals surface area contributed by atoms with Crippen LogP contribution in [0, 0.1) is 0 Å². The van der Waals surface area contributed by atoms with Gasteiger partial charge in [0, 0.05) is 19.6 Å². The second-order valence-electron chi connectivity index (χ2n) is 8.27. The largest absolute Gasteiger partial charge is 0.469 e. The van der Waals surface area contributed by atoms with Crippen molar-refractivity contribution in [1.29, 1.82) is 0 Å². The molecule has 1 fully saturated rings. The smallest absolute Gasteiger partial charge is 0.305 e. The second-order valence-corrected chi connectivity index (χ2v) is 8.27. The fraction of sp³-hybridized carbons (Fsp3) is 0.808. The first kappa shape index (κ1) is 26.9. The van der Waals surface area contributed by atoms with Crippen molar-refractivity contribution in [3.05, 3.63) is 24.3 Å². The Balaban J connectivity index is 1.73. The molecule has 4 nitrogen and oxygen atoms in total. The molecule has 0 aromatic rings. The highest BCUT2D eigenvalue weighted by molar-refractivity contribution is 5.68. The van der Waals surface area contributed by atoms with Crippen LogP contribution in [0.1, 0.15) is 109 Å². The molecule has 1 saturated heterocycles. The number of hydrogen-bond donors (Lipinski definition) is 0. The first-order valence-electron chi connectivity index (χ1n) is 12.4. The van der Waals surface area contributed by atoms with E-state index in [1.165, 1.54) is 77.7 Å². The van der Waals surface area contributed by atoms with Crippen molar-refractivity contribution in [3.63, 3.8) is 0 Å². The third-order valence-corrected chi connectivity index (χ3v) is 5.51. The van der Waals surface area contributed by atoms with E-state index in [2.05, 4.69) is 29.0 Å². The van der Waals surface area contributed by atoms with Crippen molar-refractivity contribution in [2.24, 2.45) is 0 Å². The second kappa shape index (κ2) is 21.1. The van der Waals surface area contributed by atoms with E-state index in [4.69, 9.17) is 9.47 Å². The number of ether oxygens (including phenoxy) is 3. The van der Waals surface area contributed by atoms with Crippen molar-refractivity contribution in [2.75, 3.05) is 20.3 Å². The molecule has 1 atom stereocenters. The molecule has 0 N–H and O–H groups in total. The van der Waals surface area contributed by atoms with Gasteiger partial charge in [-0.1, -0.05) is 43.6 Å². The molecule has 0 amide bonds. The van der Waals surface area contributed by atoms with Crippen LogP contribution in [0.5, 0.6) is 0 Å². The molecule has 1 aliphatic rings. The van der Waals surface area contributed by atoms with Crippen LogP contribution in [0.25, 0.3) is 0 Å². The van der Waals surface area contributed by atoms with Crippen LogP contribution in [0.15, 0.2) is 24.3 Å². The summed E-state index contributed by atoms with van der Waals surface area (Å²) in [5.74, 6) is -0.0967. The van der Waals surface area contributed by atoms with Gasteiger partial charge in [-0.15, -0.1) is 0 Å². The molecular weight excluding hydrogens is 376 g/mol. The van der Waals surface area contributed by atoms with Gasteiger partial charge in [0.2, 0.25) is 0 Å². The van der Waals surface area contributed by atoms with Crippen molar-refractivity contribution >= 4 is 5.97 Å². The summed E-state index contributed by atoms with van der Waals surface area (Å²) in [6.45, 7) is 1.70. The lowest BCUT2D eigenvalue weighted by Crippen LogP contribution is -2.22. The normalized spacial score (nSPS) is 17.2. The van der Waals surface area contributed by atoms with E-state index in [0.717, 1.165) is 45.3 Å². The summed E-state index contributed by atoms with van der Waals surface area (Å²) in [6.07, 6.45) is 29.0. The Bertz CT molecular complexity index is 438. The first-order chi connectivity index (χ1) is 14.8. The number of methoxy groups -OCH3 is 1. The summed E-state index contributed by atoms with van der Waals surface area (Å²) >= 11 is 0. The van der Waals surface area contributed by atoms with Gasteiger partial charge in [-0.3, -0.25) is 4.79 Å². The molecule has 0 saturated carbocycles. The average Bonchev–Trinajstić information content (AvgIpc) is 2.78. The molecule has 0 bridgehead atoms. The maximum Gasteiger partial charge on any atom is 0.305 e. The summed E-state index contributed by atoms with van der Waals surface area (Å²) in [7, 11) is 1.45. The Morgan fingerprint density at radius 2 is 1.37 bits per heavy atom. The number of carbonyl (C=O) groups is 1. The van der Waals surface area contributed by atoms with Crippen molar-refractivity contribution in [2.45, 2.75) is 115 Å². The SMILES string of the molecule is COC(=O)CCCC/C=C\CCCCCCC/C=C\CCCCOC1CCCCO1. The summed E-state index contributed by atoms with van der Waals surface area (Å²) in [6, 6.07) is 0. The molecular formula is C26H46O4. The quantitative estimate of drug-likeness (QED) is 0.125. The predicted molar refractivity (Wildman–Crippen MR) is 124 cm³/mol. The molecule has 0 aromatic heterocycles. The number of carbonyl (C=O) groups excluding carboxylic acids is 1. The van der Waals surface area contributed by atoms with E-state index in [1.807, 2.05) is 0 Å². The topological polar surface area (TPSA) is 44.8 Å². The zero-order valence-electron chi connectivity index (χ0n) is 19.5. The highest BCUT2D eigenvalue weighted by Crippen LogP contribution is 2.14. The molecule has 1 aliphatic heterocycles. The zero-order chi connectivity index (χ0) is 21.5. The molecule has 0 radical (unpaired) electrons. The van der Waals surface area contributed by atoms with Gasteiger partial charge in [0.1, 0.15) is 0 Å². The van der Waals surface area contributed by atoms with Gasteiger partial charge in [-0.25, -0.2) is 0 Å². The minimum Gasteiger partial charge on any atom is -0.469 e. The highest BCUT2D eigenvalue weighted by Gasteiger charge is 2.13. The van der Waals surface area contributed by atoms with Crippen LogP contribution < -0.4 is 0 Å². The Kier molecular flexibility index (Phi) is 18.9. The van der Waals surface area contributed by atoms with Crippen molar-refractivity contribution < 1.29 is 19.0 Å². The van der Waals surface area contributed by atoms with Gasteiger partial charge in [0.25, 0.3) is 0 Å². The summed E-state index contributed by atoms with van der Waals surface area (Å²) in [5, 5.41) is 0. The molecule has 1 rings (SSSR count). The fourth-order valence-electron chi connectivity index (χ4n) is 3.58. The summed E-state index contributed by atoms with van der Waals surface area (Å²) < 4.78 is 16.0. The maximum absolute atomic E-state index is 11.0. The molecule has 0 aliphatic carbocycles. The van der Waals surface area contributed by atoms with E-state index < -0.39 is 0 Å². The van der Waals surface area contributed by atoms with Gasteiger partial charge >= 0.3 is 5.97 Å². The molecule has 4 heteroatoms. The fourth-order valence-corrected chi connectivity index (χ4v) is 3.58. The molecule has 1 heterocycles. The average molecular weight is 423 g/mol. The Labute approximate surface area is 185 Å². The lowest BCUT2D eigenvalue weighted by Gasteiger charge is -2.22. The van der Waals surface area contributed by atoms with Crippen molar-refractivity contribution in [3.8, 4) is 0 Å². The molecule has 174 valence electrons. The molecule has 0 spiro atoms. The highest BCUT2D eigenvalue weighted by atomic mass is 16.7. The van der Waals surface area contributed by atoms with Gasteiger partial charge in [-0.05, 0) is 83.5 Å². The standard InChI is InChI=1S/C26H46O4/c1-28-25(27)21-17-15-13-11-9-7-5-3-2-4-6-8-10-12-14-16-19-23-29-26-22-18-20-24-30-26/h9-12,26H,2-8,13-24H2,1H3/b11-9-,12-10-. The van der Waals surface area contributed by atoms with E-state index in [1.54, 1.807) is 0 Å². The van der Waals surface area contributed by atoms with Crippen LogP contribution in [0.3, 0.4) is 0 Å². The van der Waals surface area contributed by atoms with Crippen LogP contribution in [-0.4, -0.2) is 32.6 Å². The van der Waals surface area contributed by atoms with E-state index in [9.17, 15) is 4.79 Å². The number of unbranched alkanes of at least 4 members (excludes halogenated alkanes) is 10. The minimum atomic E-state index is -0.0967. The Morgan fingerprint density at radius 1 is 0.800 bits per heavy atom. The number of rotatable bonds is 19. The molecule has 1 unspecified atom stereocenters. The lowest BCUT2D eigenvalue weighted by atomic mass is 10.1. The predicted octanol–water partition coefficient (Wildman–Crippen LogP) is 7.28. The summed E-state index contributed by atoms with van der Waals surface area (Å²) in [5.41, 5.74) is 0. The van der Waals surface area contributed by atoms with Crippen LogP contribution in [0.2, 0.25) is 0 Å². The summed E-state index contributed by atoms with van der Waals surface area (Å²) in [4.78, 5) is 11.0. The monoisotopic (exact) mass is 422 g/mol. The molecule has 0 aromatic carbocycles. The van der Waals surface area contributed by atoms with Crippen molar-refractivity contribution in [1.82, 2.24) is 0 Å². The zero-order valence-corrected chi connectivity index (χ0v) is 19.5. The Morgan fingerprint density at radius 3 is 1.93 bits per heavy atom. The molecule has 30 heavy (non-hydrogen) atoms. The van der Waals surface area contributed by atoms with Crippen LogP contribution in [-0.2, 0) is 19.0 Å². The van der Waals surface area contributed by atoms with Gasteiger partial charge in [0.15, 0.2) is 6.29 Å². The van der Waals surface area contributed by atoms with Gasteiger partial charge < -0.3 is 14.2 Å². The number of esters is 1. The lowest BCUT2D eigenvalue weighted by molar-refractivity contribution is -0.162. The minimum absolute atomic E-state index is 0.0645.